The van der Waals surface area contributed by atoms with Crippen molar-refractivity contribution < 1.29 is 9.28 Å². The number of amides is 1. The van der Waals surface area contributed by atoms with Crippen molar-refractivity contribution in [1.29, 1.82) is 0 Å². The average molecular weight is 402 g/mol. The Kier molecular flexibility index (Phi) is 9.68. The van der Waals surface area contributed by atoms with E-state index in [0.29, 0.717) is 12.3 Å². The fourth-order valence-corrected chi connectivity index (χ4v) is 5.14. The zero-order valence-electron chi connectivity index (χ0n) is 19.7. The predicted molar refractivity (Wildman–Crippen MR) is 125 cm³/mol. The van der Waals surface area contributed by atoms with Crippen LogP contribution in [0.15, 0.2) is 34.9 Å². The van der Waals surface area contributed by atoms with E-state index in [0.717, 1.165) is 38.3 Å². The first-order valence-corrected chi connectivity index (χ1v) is 11.9. The minimum absolute atomic E-state index is 0.190. The van der Waals surface area contributed by atoms with E-state index >= 15 is 0 Å². The Hall–Kier alpha value is -1.35. The molecule has 0 radical (unpaired) electrons. The van der Waals surface area contributed by atoms with Crippen LogP contribution in [-0.4, -0.2) is 43.1 Å². The first-order chi connectivity index (χ1) is 13.8. The number of hydrogen-bond donors (Lipinski definition) is 1. The van der Waals surface area contributed by atoms with Gasteiger partial charge >= 0.3 is 0 Å². The van der Waals surface area contributed by atoms with Crippen molar-refractivity contribution in [2.45, 2.75) is 91.5 Å². The van der Waals surface area contributed by atoms with Crippen LogP contribution in [0.25, 0.3) is 0 Å². The van der Waals surface area contributed by atoms with Gasteiger partial charge in [0.25, 0.3) is 0 Å². The van der Waals surface area contributed by atoms with Gasteiger partial charge in [-0.2, -0.15) is 0 Å². The molecule has 29 heavy (non-hydrogen) atoms. The van der Waals surface area contributed by atoms with Gasteiger partial charge in [0.05, 0.1) is 26.2 Å². The highest BCUT2D eigenvalue weighted by atomic mass is 16.1. The Bertz CT molecular complexity index is 627. The van der Waals surface area contributed by atoms with Crippen LogP contribution in [0.2, 0.25) is 0 Å². The van der Waals surface area contributed by atoms with E-state index in [1.165, 1.54) is 60.0 Å². The lowest BCUT2D eigenvalue weighted by atomic mass is 9.92. The number of fused-ring (bicyclic) bond motifs is 1. The van der Waals surface area contributed by atoms with Gasteiger partial charge in [0.2, 0.25) is 5.91 Å². The molecule has 2 aliphatic rings. The highest BCUT2D eigenvalue weighted by Gasteiger charge is 2.46. The molecule has 1 N–H and O–H groups in total. The Morgan fingerprint density at radius 1 is 0.931 bits per heavy atom. The van der Waals surface area contributed by atoms with E-state index in [-0.39, 0.29) is 5.91 Å². The molecule has 2 heterocycles. The van der Waals surface area contributed by atoms with Crippen LogP contribution in [0, 0.1) is 5.92 Å². The Balaban J connectivity index is 1.65. The summed E-state index contributed by atoms with van der Waals surface area (Å²) < 4.78 is 1.25. The molecule has 3 heteroatoms. The van der Waals surface area contributed by atoms with Crippen LogP contribution in [-0.2, 0) is 4.79 Å². The minimum Gasteiger partial charge on any atom is -0.355 e. The second kappa shape index (κ2) is 11.7. The van der Waals surface area contributed by atoms with Crippen molar-refractivity contribution in [3.63, 3.8) is 0 Å². The number of quaternary nitrogens is 1. The van der Waals surface area contributed by atoms with Crippen molar-refractivity contribution >= 4 is 5.91 Å². The molecule has 2 rings (SSSR count). The maximum atomic E-state index is 12.3. The second-order valence-corrected chi connectivity index (χ2v) is 10.0. The molecule has 0 aliphatic carbocycles. The molecule has 0 aromatic rings. The fraction of sp³-hybridized carbons (Fsp3) is 0.731. The zero-order chi connectivity index (χ0) is 21.3. The molecule has 0 bridgehead atoms. The van der Waals surface area contributed by atoms with Gasteiger partial charge in [-0.1, -0.05) is 34.9 Å². The van der Waals surface area contributed by atoms with Gasteiger partial charge in [-0.05, 0) is 66.2 Å². The molecule has 2 aliphatic heterocycles. The Labute approximate surface area is 179 Å². The quantitative estimate of drug-likeness (QED) is 0.357. The zero-order valence-corrected chi connectivity index (χ0v) is 19.7. The fourth-order valence-electron chi connectivity index (χ4n) is 5.14. The maximum Gasteiger partial charge on any atom is 0.223 e. The Morgan fingerprint density at radius 3 is 2.34 bits per heavy atom. The number of allylic oxidation sites excluding steroid dienone is 5. The average Bonchev–Trinajstić information content (AvgIpc) is 3.01. The molecule has 2 fully saturated rings. The summed E-state index contributed by atoms with van der Waals surface area (Å²) in [6.45, 7) is 12.2. The van der Waals surface area contributed by atoms with Gasteiger partial charge in [0, 0.05) is 31.7 Å². The first-order valence-electron chi connectivity index (χ1n) is 11.9. The number of carbonyl (C=O) groups excluding carboxylic acids is 1. The lowest BCUT2D eigenvalue weighted by Gasteiger charge is -2.41. The van der Waals surface area contributed by atoms with E-state index in [9.17, 15) is 4.79 Å². The predicted octanol–water partition coefficient (Wildman–Crippen LogP) is 5.93. The summed E-state index contributed by atoms with van der Waals surface area (Å²) in [5.74, 6) is 0.864. The highest BCUT2D eigenvalue weighted by molar-refractivity contribution is 5.77. The number of piperidine rings is 1. The standard InChI is InChI=1S/C26H44N2O/c1-21(2)10-8-11-22(3)12-9-13-23(4)15-16-26(29)27-20-24-17-19-28(5)18-7-6-14-25(24)28/h10,12,15,24-25H,6-9,11,13-14,16-20H2,1-5H3/p+1/b22-12+,23-15+/t24-,25+,28?/m0/s1. The SMILES string of the molecule is CC(C)=CCC/C(C)=C/CC/C(C)=C/CC(=O)NC[C@@H]1CC[N+]2(C)CCCC[C@H]12. The topological polar surface area (TPSA) is 29.1 Å². The van der Waals surface area contributed by atoms with Crippen LogP contribution < -0.4 is 5.32 Å². The highest BCUT2D eigenvalue weighted by Crippen LogP contribution is 2.36. The first kappa shape index (κ1) is 23.9. The molecule has 0 spiro atoms. The molecule has 3 nitrogen and oxygen atoms in total. The van der Waals surface area contributed by atoms with Crippen molar-refractivity contribution in [2.75, 3.05) is 26.7 Å². The van der Waals surface area contributed by atoms with Crippen molar-refractivity contribution in [3.8, 4) is 0 Å². The maximum absolute atomic E-state index is 12.3. The summed E-state index contributed by atoms with van der Waals surface area (Å²) in [7, 11) is 2.43. The van der Waals surface area contributed by atoms with E-state index in [1.807, 2.05) is 0 Å². The van der Waals surface area contributed by atoms with Gasteiger partial charge in [-0.15, -0.1) is 0 Å². The molecule has 0 aromatic heterocycles. The van der Waals surface area contributed by atoms with Crippen molar-refractivity contribution in [2.24, 2.45) is 5.92 Å². The summed E-state index contributed by atoms with van der Waals surface area (Å²) in [5.41, 5.74) is 4.19. The van der Waals surface area contributed by atoms with Crippen LogP contribution in [0.3, 0.4) is 0 Å². The monoisotopic (exact) mass is 401 g/mol. The van der Waals surface area contributed by atoms with Gasteiger partial charge in [0.1, 0.15) is 0 Å². The molecule has 1 unspecified atom stereocenters. The van der Waals surface area contributed by atoms with Crippen LogP contribution in [0.5, 0.6) is 0 Å². The molecular weight excluding hydrogens is 356 g/mol. The smallest absolute Gasteiger partial charge is 0.223 e. The largest absolute Gasteiger partial charge is 0.355 e. The summed E-state index contributed by atoms with van der Waals surface area (Å²) in [6.07, 6.45) is 17.1. The van der Waals surface area contributed by atoms with Crippen LogP contribution in [0.4, 0.5) is 0 Å². The number of nitrogens with one attached hydrogen (secondary N) is 1. The van der Waals surface area contributed by atoms with E-state index in [4.69, 9.17) is 0 Å². The van der Waals surface area contributed by atoms with Gasteiger partial charge in [-0.3, -0.25) is 4.79 Å². The molecule has 164 valence electrons. The molecule has 3 atom stereocenters. The summed E-state index contributed by atoms with van der Waals surface area (Å²) >= 11 is 0. The lowest BCUT2D eigenvalue weighted by Crippen LogP contribution is -2.53. The van der Waals surface area contributed by atoms with Crippen molar-refractivity contribution in [1.82, 2.24) is 5.32 Å². The molecule has 0 aromatic carbocycles. The number of rotatable bonds is 10. The third kappa shape index (κ3) is 8.12. The third-order valence-corrected chi connectivity index (χ3v) is 7.09. The van der Waals surface area contributed by atoms with E-state index < -0.39 is 0 Å². The molecular formula is C26H45N2O+. The van der Waals surface area contributed by atoms with E-state index in [1.54, 1.807) is 0 Å². The lowest BCUT2D eigenvalue weighted by molar-refractivity contribution is -0.927. The van der Waals surface area contributed by atoms with Crippen molar-refractivity contribution in [3.05, 3.63) is 34.9 Å². The summed E-state index contributed by atoms with van der Waals surface area (Å²) in [4.78, 5) is 12.3. The molecule has 1 amide bonds. The van der Waals surface area contributed by atoms with Gasteiger partial charge in [-0.25, -0.2) is 0 Å². The van der Waals surface area contributed by atoms with Gasteiger partial charge < -0.3 is 9.80 Å². The number of carbonyl (C=O) groups is 1. The van der Waals surface area contributed by atoms with Crippen LogP contribution >= 0.6 is 0 Å². The van der Waals surface area contributed by atoms with Gasteiger partial charge in [0.15, 0.2) is 0 Å². The molecule has 0 saturated carbocycles. The minimum atomic E-state index is 0.190. The normalized spacial score (nSPS) is 27.5. The number of hydrogen-bond acceptors (Lipinski definition) is 1. The third-order valence-electron chi connectivity index (χ3n) is 7.09. The van der Waals surface area contributed by atoms with Crippen LogP contribution in [0.1, 0.15) is 85.5 Å². The second-order valence-electron chi connectivity index (χ2n) is 10.0. The van der Waals surface area contributed by atoms with E-state index in [2.05, 4.69) is 58.3 Å². The number of nitrogens with zero attached hydrogens (tertiary/aromatic N) is 1. The summed E-state index contributed by atoms with van der Waals surface area (Å²) in [6, 6.07) is 0.771. The Morgan fingerprint density at radius 2 is 1.62 bits per heavy atom. The molecule has 2 saturated heterocycles. The summed E-state index contributed by atoms with van der Waals surface area (Å²) in [5, 5.41) is 3.23.